The van der Waals surface area contributed by atoms with Gasteiger partial charge in [0, 0.05) is 21.8 Å². The molecule has 0 saturated heterocycles. The second kappa shape index (κ2) is 8.19. The molecule has 0 saturated carbocycles. The highest BCUT2D eigenvalue weighted by Crippen LogP contribution is 2.24. The van der Waals surface area contributed by atoms with Crippen molar-refractivity contribution < 1.29 is 14.7 Å². The Morgan fingerprint density at radius 2 is 1.93 bits per heavy atom. The molecule has 2 N–H and O–H groups in total. The summed E-state index contributed by atoms with van der Waals surface area (Å²) in [6.45, 7) is 0.475. The fourth-order valence-corrected chi connectivity index (χ4v) is 2.78. The summed E-state index contributed by atoms with van der Waals surface area (Å²) in [5.74, 6) is -1.28. The standard InChI is InChI=1S/C16H14Cl2N6O3/c17-12-2-1-3-13(18)11(12)8-24-9-19-16(22-24)21-15(27)10-6-20-23(7-10)5-4-14(25)26/h1-3,6-7,9H,4-5,8H2,(H,25,26)(H,21,22,27). The zero-order chi connectivity index (χ0) is 19.4. The number of hydrogen-bond acceptors (Lipinski definition) is 5. The van der Waals surface area contributed by atoms with E-state index in [1.165, 1.54) is 28.1 Å². The predicted molar refractivity (Wildman–Crippen MR) is 98.0 cm³/mol. The molecule has 1 amide bonds. The lowest BCUT2D eigenvalue weighted by Crippen LogP contribution is -2.13. The van der Waals surface area contributed by atoms with Gasteiger partial charge in [0.15, 0.2) is 0 Å². The summed E-state index contributed by atoms with van der Waals surface area (Å²) in [6.07, 6.45) is 4.17. The van der Waals surface area contributed by atoms with Crippen LogP contribution in [0.3, 0.4) is 0 Å². The van der Waals surface area contributed by atoms with Crippen LogP contribution in [0, 0.1) is 0 Å². The minimum absolute atomic E-state index is 0.0840. The molecule has 0 fully saturated rings. The smallest absolute Gasteiger partial charge is 0.305 e. The average Bonchev–Trinajstić information content (AvgIpc) is 3.26. The van der Waals surface area contributed by atoms with E-state index in [0.29, 0.717) is 22.2 Å². The molecule has 3 aromatic rings. The zero-order valence-electron chi connectivity index (χ0n) is 13.8. The van der Waals surface area contributed by atoms with Crippen molar-refractivity contribution in [2.45, 2.75) is 19.5 Å². The molecule has 0 aliphatic rings. The number of benzene rings is 1. The molecule has 0 spiro atoms. The van der Waals surface area contributed by atoms with Crippen LogP contribution in [0.1, 0.15) is 22.3 Å². The molecule has 0 aliphatic carbocycles. The highest BCUT2D eigenvalue weighted by Gasteiger charge is 2.13. The molecule has 2 aromatic heterocycles. The van der Waals surface area contributed by atoms with Gasteiger partial charge < -0.3 is 5.11 Å². The molecule has 1 aromatic carbocycles. The van der Waals surface area contributed by atoms with Crippen molar-refractivity contribution in [1.29, 1.82) is 0 Å². The highest BCUT2D eigenvalue weighted by molar-refractivity contribution is 6.35. The quantitative estimate of drug-likeness (QED) is 0.620. The number of aromatic nitrogens is 5. The van der Waals surface area contributed by atoms with Gasteiger partial charge in [0.25, 0.3) is 5.91 Å². The maximum Gasteiger partial charge on any atom is 0.305 e. The molecule has 0 aliphatic heterocycles. The van der Waals surface area contributed by atoms with Crippen molar-refractivity contribution >= 4 is 41.0 Å². The minimum atomic E-state index is -0.940. The topological polar surface area (TPSA) is 115 Å². The van der Waals surface area contributed by atoms with Crippen LogP contribution in [0.5, 0.6) is 0 Å². The van der Waals surface area contributed by atoms with Gasteiger partial charge in [0.05, 0.1) is 31.3 Å². The lowest BCUT2D eigenvalue weighted by atomic mass is 10.2. The van der Waals surface area contributed by atoms with Gasteiger partial charge in [-0.3, -0.25) is 19.6 Å². The number of aryl methyl sites for hydroxylation is 1. The van der Waals surface area contributed by atoms with Crippen molar-refractivity contribution in [3.63, 3.8) is 0 Å². The fraction of sp³-hybridized carbons (Fsp3) is 0.188. The van der Waals surface area contributed by atoms with Crippen molar-refractivity contribution in [3.05, 3.63) is 58.1 Å². The number of carboxylic acid groups (broad SMARTS) is 1. The SMILES string of the molecule is O=C(O)CCn1cc(C(=O)Nc2ncn(Cc3c(Cl)cccc3Cl)n2)cn1. The predicted octanol–water partition coefficient (Wildman–Crippen LogP) is 2.56. The lowest BCUT2D eigenvalue weighted by molar-refractivity contribution is -0.137. The van der Waals surface area contributed by atoms with Gasteiger partial charge >= 0.3 is 5.97 Å². The van der Waals surface area contributed by atoms with Gasteiger partial charge in [-0.05, 0) is 12.1 Å². The lowest BCUT2D eigenvalue weighted by Gasteiger charge is -2.06. The van der Waals surface area contributed by atoms with Gasteiger partial charge in [0.2, 0.25) is 5.95 Å². The highest BCUT2D eigenvalue weighted by atomic mass is 35.5. The number of nitrogens with one attached hydrogen (secondary N) is 1. The number of amides is 1. The molecular weight excluding hydrogens is 395 g/mol. The van der Waals surface area contributed by atoms with Crippen LogP contribution in [0.4, 0.5) is 5.95 Å². The normalized spacial score (nSPS) is 10.7. The first-order valence-corrected chi connectivity index (χ1v) is 8.56. The summed E-state index contributed by atoms with van der Waals surface area (Å²) in [7, 11) is 0. The van der Waals surface area contributed by atoms with Crippen LogP contribution in [-0.4, -0.2) is 41.5 Å². The Bertz CT molecular complexity index is 964. The van der Waals surface area contributed by atoms with Crippen molar-refractivity contribution in [2.75, 3.05) is 5.32 Å². The molecule has 2 heterocycles. The summed E-state index contributed by atoms with van der Waals surface area (Å²) in [4.78, 5) is 26.8. The maximum atomic E-state index is 12.2. The second-order valence-electron chi connectivity index (χ2n) is 5.56. The third-order valence-corrected chi connectivity index (χ3v) is 4.30. The third kappa shape index (κ3) is 4.83. The molecular formula is C16H14Cl2N6O3. The van der Waals surface area contributed by atoms with Crippen LogP contribution >= 0.6 is 23.2 Å². The Morgan fingerprint density at radius 3 is 2.63 bits per heavy atom. The van der Waals surface area contributed by atoms with Crippen molar-refractivity contribution in [2.24, 2.45) is 0 Å². The van der Waals surface area contributed by atoms with Gasteiger partial charge in [-0.1, -0.05) is 29.3 Å². The number of hydrogen-bond donors (Lipinski definition) is 2. The van der Waals surface area contributed by atoms with Crippen LogP contribution in [0.25, 0.3) is 0 Å². The molecule has 3 rings (SSSR count). The number of carbonyl (C=O) groups is 2. The minimum Gasteiger partial charge on any atom is -0.481 e. The zero-order valence-corrected chi connectivity index (χ0v) is 15.4. The molecule has 0 unspecified atom stereocenters. The van der Waals surface area contributed by atoms with E-state index in [1.54, 1.807) is 18.2 Å². The number of nitrogens with zero attached hydrogens (tertiary/aromatic N) is 5. The molecule has 140 valence electrons. The Labute approximate surface area is 163 Å². The Balaban J connectivity index is 1.63. The maximum absolute atomic E-state index is 12.2. The summed E-state index contributed by atoms with van der Waals surface area (Å²) >= 11 is 12.3. The average molecular weight is 409 g/mol. The summed E-state index contributed by atoms with van der Waals surface area (Å²) < 4.78 is 2.88. The van der Waals surface area contributed by atoms with Crippen LogP contribution in [0.15, 0.2) is 36.9 Å². The van der Waals surface area contributed by atoms with E-state index in [1.807, 2.05) is 0 Å². The number of carbonyl (C=O) groups excluding carboxylic acids is 1. The van der Waals surface area contributed by atoms with E-state index < -0.39 is 11.9 Å². The largest absolute Gasteiger partial charge is 0.481 e. The van der Waals surface area contributed by atoms with Crippen molar-refractivity contribution in [1.82, 2.24) is 24.5 Å². The number of anilines is 1. The number of carboxylic acids is 1. The Morgan fingerprint density at radius 1 is 1.19 bits per heavy atom. The van der Waals surface area contributed by atoms with E-state index >= 15 is 0 Å². The van der Waals surface area contributed by atoms with Gasteiger partial charge in [-0.25, -0.2) is 9.67 Å². The fourth-order valence-electron chi connectivity index (χ4n) is 2.26. The van der Waals surface area contributed by atoms with E-state index in [0.717, 1.165) is 0 Å². The molecule has 0 atom stereocenters. The molecule has 0 radical (unpaired) electrons. The Kier molecular flexibility index (Phi) is 5.72. The first-order valence-electron chi connectivity index (χ1n) is 7.80. The molecule has 11 heteroatoms. The molecule has 0 bridgehead atoms. The van der Waals surface area contributed by atoms with E-state index in [-0.39, 0.29) is 24.5 Å². The first kappa shape index (κ1) is 18.9. The van der Waals surface area contributed by atoms with Crippen LogP contribution in [-0.2, 0) is 17.9 Å². The van der Waals surface area contributed by atoms with E-state index in [9.17, 15) is 9.59 Å². The summed E-state index contributed by atoms with van der Waals surface area (Å²) in [5, 5.41) is 20.4. The van der Waals surface area contributed by atoms with Gasteiger partial charge in [-0.2, -0.15) is 5.10 Å². The van der Waals surface area contributed by atoms with E-state index in [4.69, 9.17) is 28.3 Å². The number of aliphatic carboxylic acids is 1. The van der Waals surface area contributed by atoms with E-state index in [2.05, 4.69) is 20.5 Å². The number of halogens is 2. The summed E-state index contributed by atoms with van der Waals surface area (Å²) in [6, 6.07) is 5.20. The van der Waals surface area contributed by atoms with Crippen LogP contribution in [0.2, 0.25) is 10.0 Å². The second-order valence-corrected chi connectivity index (χ2v) is 6.37. The first-order chi connectivity index (χ1) is 12.9. The molecule has 9 nitrogen and oxygen atoms in total. The summed E-state index contributed by atoms with van der Waals surface area (Å²) in [5.41, 5.74) is 0.967. The number of rotatable bonds is 7. The van der Waals surface area contributed by atoms with Crippen LogP contribution < -0.4 is 5.32 Å². The van der Waals surface area contributed by atoms with Gasteiger partial charge in [0.1, 0.15) is 6.33 Å². The third-order valence-electron chi connectivity index (χ3n) is 3.59. The van der Waals surface area contributed by atoms with Crippen molar-refractivity contribution in [3.8, 4) is 0 Å². The monoisotopic (exact) mass is 408 g/mol. The molecule has 27 heavy (non-hydrogen) atoms. The Hall–Kier alpha value is -2.91. The van der Waals surface area contributed by atoms with Gasteiger partial charge in [-0.15, -0.1) is 5.10 Å².